The Kier molecular flexibility index (Phi) is 10.3. The predicted octanol–water partition coefficient (Wildman–Crippen LogP) is -1.03. The van der Waals surface area contributed by atoms with Gasteiger partial charge in [-0.3, -0.25) is 0 Å². The molecular weight excluding hydrogens is 242 g/mol. The highest BCUT2D eigenvalue weighted by Crippen LogP contribution is 2.02. The Balaban J connectivity index is 0. The standard InChI is InChI=1S/C11H20NO.BrH/c1-5-8-12(4,9-6-2)10-11-13-7-3;/h5-7H,1-3,8-11H2,4H3;1H/q+1;/p-1. The van der Waals surface area contributed by atoms with Gasteiger partial charge in [0.05, 0.1) is 26.4 Å². The lowest BCUT2D eigenvalue weighted by Crippen LogP contribution is -3.00. The van der Waals surface area contributed by atoms with Crippen molar-refractivity contribution in [1.29, 1.82) is 0 Å². The van der Waals surface area contributed by atoms with Crippen LogP contribution in [0.3, 0.4) is 0 Å². The third kappa shape index (κ3) is 6.92. The molecule has 0 spiro atoms. The number of rotatable bonds is 8. The van der Waals surface area contributed by atoms with Gasteiger partial charge in [0.15, 0.2) is 0 Å². The Labute approximate surface area is 97.9 Å². The minimum Gasteiger partial charge on any atom is -1.00 e. The summed E-state index contributed by atoms with van der Waals surface area (Å²) in [5.41, 5.74) is 0. The number of quaternary nitrogens is 1. The molecule has 0 unspecified atom stereocenters. The number of hydrogen-bond donors (Lipinski definition) is 0. The fraction of sp³-hybridized carbons (Fsp3) is 0.455. The van der Waals surface area contributed by atoms with E-state index in [0.29, 0.717) is 6.61 Å². The van der Waals surface area contributed by atoms with E-state index in [2.05, 4.69) is 26.8 Å². The van der Waals surface area contributed by atoms with Crippen LogP contribution in [0.4, 0.5) is 0 Å². The van der Waals surface area contributed by atoms with Crippen molar-refractivity contribution in [3.8, 4) is 0 Å². The molecule has 0 aliphatic heterocycles. The van der Waals surface area contributed by atoms with Crippen LogP contribution >= 0.6 is 0 Å². The second-order valence-corrected chi connectivity index (χ2v) is 3.32. The van der Waals surface area contributed by atoms with E-state index in [-0.39, 0.29) is 17.0 Å². The molecule has 0 aliphatic rings. The average molecular weight is 262 g/mol. The first-order valence-electron chi connectivity index (χ1n) is 4.46. The van der Waals surface area contributed by atoms with Crippen LogP contribution in [0, 0.1) is 0 Å². The van der Waals surface area contributed by atoms with Crippen LogP contribution in [0.15, 0.2) is 38.2 Å². The van der Waals surface area contributed by atoms with Gasteiger partial charge in [0.1, 0.15) is 13.2 Å². The lowest BCUT2D eigenvalue weighted by molar-refractivity contribution is -0.898. The quantitative estimate of drug-likeness (QED) is 0.235. The summed E-state index contributed by atoms with van der Waals surface area (Å²) in [5, 5.41) is 0. The van der Waals surface area contributed by atoms with Crippen molar-refractivity contribution in [2.75, 3.05) is 33.3 Å². The topological polar surface area (TPSA) is 9.23 Å². The third-order valence-electron chi connectivity index (χ3n) is 2.01. The number of nitrogens with zero attached hydrogens (tertiary/aromatic N) is 1. The molecule has 0 aliphatic carbocycles. The average Bonchev–Trinajstić information content (AvgIpc) is 2.05. The van der Waals surface area contributed by atoms with Gasteiger partial charge < -0.3 is 26.2 Å². The van der Waals surface area contributed by atoms with E-state index in [1.54, 1.807) is 0 Å². The first-order valence-corrected chi connectivity index (χ1v) is 4.46. The molecule has 0 radical (unpaired) electrons. The lowest BCUT2D eigenvalue weighted by atomic mass is 10.3. The highest BCUT2D eigenvalue weighted by molar-refractivity contribution is 4.71. The van der Waals surface area contributed by atoms with Crippen molar-refractivity contribution < 1.29 is 26.2 Å². The van der Waals surface area contributed by atoms with Gasteiger partial charge in [0.25, 0.3) is 0 Å². The molecule has 0 atom stereocenters. The maximum atomic E-state index is 5.10. The third-order valence-corrected chi connectivity index (χ3v) is 2.01. The van der Waals surface area contributed by atoms with E-state index in [4.69, 9.17) is 4.74 Å². The van der Waals surface area contributed by atoms with Gasteiger partial charge in [-0.25, -0.2) is 0 Å². The molecule has 0 fully saturated rings. The Morgan fingerprint density at radius 2 is 1.64 bits per heavy atom. The Morgan fingerprint density at radius 1 is 1.14 bits per heavy atom. The van der Waals surface area contributed by atoms with Crippen molar-refractivity contribution in [3.63, 3.8) is 0 Å². The van der Waals surface area contributed by atoms with Gasteiger partial charge in [0, 0.05) is 0 Å². The summed E-state index contributed by atoms with van der Waals surface area (Å²) >= 11 is 0. The van der Waals surface area contributed by atoms with Crippen LogP contribution in [0.1, 0.15) is 0 Å². The first-order chi connectivity index (χ1) is 6.18. The van der Waals surface area contributed by atoms with E-state index in [0.717, 1.165) is 24.1 Å². The van der Waals surface area contributed by atoms with Crippen LogP contribution in [0.2, 0.25) is 0 Å². The summed E-state index contributed by atoms with van der Waals surface area (Å²) in [5.74, 6) is 0. The zero-order chi connectivity index (χ0) is 10.2. The van der Waals surface area contributed by atoms with Crippen molar-refractivity contribution in [1.82, 2.24) is 0 Å². The summed E-state index contributed by atoms with van der Waals surface area (Å²) in [4.78, 5) is 0. The highest BCUT2D eigenvalue weighted by Gasteiger charge is 2.17. The van der Waals surface area contributed by atoms with Gasteiger partial charge in [-0.1, -0.05) is 19.7 Å². The van der Waals surface area contributed by atoms with Crippen molar-refractivity contribution >= 4 is 0 Å². The summed E-state index contributed by atoms with van der Waals surface area (Å²) in [7, 11) is 2.16. The molecule has 3 heteroatoms. The Hall–Kier alpha value is -0.540. The highest BCUT2D eigenvalue weighted by atomic mass is 79.9. The second-order valence-electron chi connectivity index (χ2n) is 3.32. The zero-order valence-electron chi connectivity index (χ0n) is 8.92. The van der Waals surface area contributed by atoms with Crippen LogP contribution < -0.4 is 17.0 Å². The van der Waals surface area contributed by atoms with E-state index < -0.39 is 0 Å². The fourth-order valence-corrected chi connectivity index (χ4v) is 1.24. The summed E-state index contributed by atoms with van der Waals surface area (Å²) in [6.07, 6.45) is 5.33. The maximum absolute atomic E-state index is 5.10. The summed E-state index contributed by atoms with van der Waals surface area (Å²) in [6, 6.07) is 0. The van der Waals surface area contributed by atoms with Crippen molar-refractivity contribution in [2.24, 2.45) is 0 Å². The Bertz CT molecular complexity index is 170. The SMILES string of the molecule is C=CC[N+](C)(CC=C)CCOC=C.[Br-]. The van der Waals surface area contributed by atoms with Gasteiger partial charge in [-0.05, 0) is 12.2 Å². The number of hydrogen-bond acceptors (Lipinski definition) is 1. The minimum absolute atomic E-state index is 0. The monoisotopic (exact) mass is 261 g/mol. The van der Waals surface area contributed by atoms with Crippen molar-refractivity contribution in [3.05, 3.63) is 38.2 Å². The largest absolute Gasteiger partial charge is 1.00 e. The van der Waals surface area contributed by atoms with E-state index >= 15 is 0 Å². The molecule has 0 aromatic carbocycles. The van der Waals surface area contributed by atoms with Gasteiger partial charge in [-0.2, -0.15) is 0 Å². The molecule has 0 aromatic heterocycles. The molecule has 0 saturated heterocycles. The molecule has 0 saturated carbocycles. The molecule has 0 heterocycles. The second kappa shape index (κ2) is 9.03. The van der Waals surface area contributed by atoms with E-state index in [9.17, 15) is 0 Å². The molecule has 0 amide bonds. The maximum Gasteiger partial charge on any atom is 0.136 e. The number of halogens is 1. The zero-order valence-corrected chi connectivity index (χ0v) is 10.5. The number of likely N-dealkylation sites (N-methyl/N-ethyl adjacent to an activating group) is 1. The van der Waals surface area contributed by atoms with E-state index in [1.165, 1.54) is 6.26 Å². The fourth-order valence-electron chi connectivity index (χ4n) is 1.24. The predicted molar refractivity (Wildman–Crippen MR) is 57.3 cm³/mol. The molecule has 0 rings (SSSR count). The summed E-state index contributed by atoms with van der Waals surface area (Å²) < 4.78 is 5.99. The number of ether oxygens (including phenoxy) is 1. The van der Waals surface area contributed by atoms with Crippen molar-refractivity contribution in [2.45, 2.75) is 0 Å². The smallest absolute Gasteiger partial charge is 0.136 e. The minimum atomic E-state index is 0. The van der Waals surface area contributed by atoms with Crippen LogP contribution in [0.5, 0.6) is 0 Å². The van der Waals surface area contributed by atoms with Crippen LogP contribution in [-0.2, 0) is 4.74 Å². The molecule has 14 heavy (non-hydrogen) atoms. The van der Waals surface area contributed by atoms with Crippen LogP contribution in [0.25, 0.3) is 0 Å². The molecule has 0 aromatic rings. The van der Waals surface area contributed by atoms with E-state index in [1.807, 2.05) is 12.2 Å². The molecule has 2 nitrogen and oxygen atoms in total. The summed E-state index contributed by atoms with van der Waals surface area (Å²) in [6.45, 7) is 14.5. The molecule has 0 bridgehead atoms. The normalized spacial score (nSPS) is 9.79. The van der Waals surface area contributed by atoms with Gasteiger partial charge in [-0.15, -0.1) is 0 Å². The molecule has 82 valence electrons. The first kappa shape index (κ1) is 15.9. The van der Waals surface area contributed by atoms with Gasteiger partial charge in [0.2, 0.25) is 0 Å². The molecule has 0 N–H and O–H groups in total. The molecular formula is C11H20BrNO. The van der Waals surface area contributed by atoms with Crippen LogP contribution in [-0.4, -0.2) is 37.8 Å². The lowest BCUT2D eigenvalue weighted by Gasteiger charge is -2.31. The van der Waals surface area contributed by atoms with Gasteiger partial charge >= 0.3 is 0 Å². The Morgan fingerprint density at radius 3 is 2.00 bits per heavy atom.